The summed E-state index contributed by atoms with van der Waals surface area (Å²) in [7, 11) is 0. The highest BCUT2D eigenvalue weighted by molar-refractivity contribution is 7.18. The van der Waals surface area contributed by atoms with Gasteiger partial charge in [-0.15, -0.1) is 11.3 Å². The quantitative estimate of drug-likeness (QED) is 0.769. The molecule has 0 saturated heterocycles. The van der Waals surface area contributed by atoms with Crippen molar-refractivity contribution in [2.45, 2.75) is 32.7 Å². The normalized spacial score (nSPS) is 12.5. The lowest BCUT2D eigenvalue weighted by Crippen LogP contribution is -2.24. The summed E-state index contributed by atoms with van der Waals surface area (Å²) in [5.74, 6) is 0.538. The largest absolute Gasteiger partial charge is 0.370 e. The van der Waals surface area contributed by atoms with Crippen molar-refractivity contribution in [3.05, 3.63) is 10.9 Å². The summed E-state index contributed by atoms with van der Waals surface area (Å²) >= 11 is 1.60. The number of amides is 1. The van der Waals surface area contributed by atoms with Gasteiger partial charge < -0.3 is 16.8 Å². The lowest BCUT2D eigenvalue weighted by Gasteiger charge is -2.13. The number of nitrogens with two attached hydrogens (primary N) is 2. The average molecular weight is 279 g/mol. The number of aryl methyl sites for hydroxylation is 1. The molecule has 2 heterocycles. The molecule has 19 heavy (non-hydrogen) atoms. The Hall–Kier alpha value is -1.89. The predicted molar refractivity (Wildman–Crippen MR) is 78.1 cm³/mol. The lowest BCUT2D eigenvalue weighted by atomic mass is 10.2. The third-order valence-electron chi connectivity index (χ3n) is 2.70. The molecule has 1 unspecified atom stereocenters. The first kappa shape index (κ1) is 13.5. The Bertz CT molecular complexity index is 609. The molecule has 0 aromatic carbocycles. The molecular weight excluding hydrogens is 262 g/mol. The van der Waals surface area contributed by atoms with E-state index in [1.165, 1.54) is 4.88 Å². The summed E-state index contributed by atoms with van der Waals surface area (Å²) in [6.07, 6.45) is 1.19. The monoisotopic (exact) mass is 279 g/mol. The number of carbonyl (C=O) groups is 1. The van der Waals surface area contributed by atoms with E-state index < -0.39 is 0 Å². The molecule has 0 fully saturated rings. The molecule has 0 spiro atoms. The number of fused-ring (bicyclic) bond motifs is 1. The summed E-state index contributed by atoms with van der Waals surface area (Å²) in [5.41, 5.74) is 10.9. The van der Waals surface area contributed by atoms with E-state index in [1.54, 1.807) is 11.3 Å². The van der Waals surface area contributed by atoms with Gasteiger partial charge in [-0.2, -0.15) is 4.98 Å². The maximum absolute atomic E-state index is 10.9. The van der Waals surface area contributed by atoms with Crippen LogP contribution in [0.2, 0.25) is 0 Å². The highest BCUT2D eigenvalue weighted by Gasteiger charge is 2.13. The Kier molecular flexibility index (Phi) is 3.84. The van der Waals surface area contributed by atoms with Crippen molar-refractivity contribution in [2.75, 3.05) is 11.1 Å². The number of hydrogen-bond acceptors (Lipinski definition) is 6. The molecule has 0 bridgehead atoms. The first-order valence-corrected chi connectivity index (χ1v) is 6.92. The van der Waals surface area contributed by atoms with Crippen LogP contribution in [0, 0.1) is 0 Å². The molecule has 5 N–H and O–H groups in total. The SMILES string of the molecule is CCc1cc2c(NC(C)CC(N)=O)nc(N)nc2s1. The van der Waals surface area contributed by atoms with Crippen LogP contribution in [-0.2, 0) is 11.2 Å². The zero-order valence-corrected chi connectivity index (χ0v) is 11.8. The fourth-order valence-corrected chi connectivity index (χ4v) is 2.83. The maximum Gasteiger partial charge on any atom is 0.223 e. The average Bonchev–Trinajstić information content (AvgIpc) is 2.70. The molecular formula is C12H17N5OS. The Morgan fingerprint density at radius 2 is 2.26 bits per heavy atom. The van der Waals surface area contributed by atoms with Crippen LogP contribution in [0.4, 0.5) is 11.8 Å². The Balaban J connectivity index is 2.35. The summed E-state index contributed by atoms with van der Waals surface area (Å²) in [5, 5.41) is 4.11. The molecule has 0 aliphatic rings. The standard InChI is InChI=1S/C12H17N5OS/c1-3-7-5-8-10(15-6(2)4-9(13)18)16-12(14)17-11(8)19-7/h5-6H,3-4H2,1-2H3,(H2,13,18)(H3,14,15,16,17). The van der Waals surface area contributed by atoms with Crippen molar-refractivity contribution in [1.29, 1.82) is 0 Å². The second kappa shape index (κ2) is 5.40. The van der Waals surface area contributed by atoms with Gasteiger partial charge in [-0.3, -0.25) is 4.79 Å². The number of carbonyl (C=O) groups excluding carboxylic acids is 1. The number of nitrogen functional groups attached to an aromatic ring is 1. The van der Waals surface area contributed by atoms with Gasteiger partial charge in [-0.05, 0) is 19.4 Å². The molecule has 6 nitrogen and oxygen atoms in total. The van der Waals surface area contributed by atoms with Gasteiger partial charge in [0.1, 0.15) is 10.6 Å². The third kappa shape index (κ3) is 3.11. The molecule has 1 atom stereocenters. The molecule has 2 rings (SSSR count). The van der Waals surface area contributed by atoms with Gasteiger partial charge >= 0.3 is 0 Å². The van der Waals surface area contributed by atoms with Crippen molar-refractivity contribution in [3.63, 3.8) is 0 Å². The van der Waals surface area contributed by atoms with Gasteiger partial charge in [0.05, 0.1) is 5.39 Å². The zero-order chi connectivity index (χ0) is 14.0. The van der Waals surface area contributed by atoms with Crippen LogP contribution in [0.3, 0.4) is 0 Å². The molecule has 1 amide bonds. The van der Waals surface area contributed by atoms with Crippen LogP contribution >= 0.6 is 11.3 Å². The number of anilines is 2. The number of nitrogens with one attached hydrogen (secondary N) is 1. The molecule has 0 radical (unpaired) electrons. The lowest BCUT2D eigenvalue weighted by molar-refractivity contribution is -0.118. The molecule has 2 aromatic heterocycles. The van der Waals surface area contributed by atoms with Crippen molar-refractivity contribution in [3.8, 4) is 0 Å². The van der Waals surface area contributed by atoms with E-state index in [9.17, 15) is 4.79 Å². The second-order valence-corrected chi connectivity index (χ2v) is 5.55. The van der Waals surface area contributed by atoms with Crippen LogP contribution in [0.1, 0.15) is 25.1 Å². The summed E-state index contributed by atoms with van der Waals surface area (Å²) in [4.78, 5) is 21.4. The minimum atomic E-state index is -0.349. The molecule has 7 heteroatoms. The van der Waals surface area contributed by atoms with E-state index in [2.05, 4.69) is 28.3 Å². The van der Waals surface area contributed by atoms with Crippen molar-refractivity contribution in [1.82, 2.24) is 9.97 Å². The minimum Gasteiger partial charge on any atom is -0.370 e. The van der Waals surface area contributed by atoms with Crippen LogP contribution in [0.5, 0.6) is 0 Å². The molecule has 0 aliphatic carbocycles. The van der Waals surface area contributed by atoms with Gasteiger partial charge in [0.2, 0.25) is 11.9 Å². The Labute approximate surface area is 115 Å². The topological polar surface area (TPSA) is 107 Å². The molecule has 102 valence electrons. The van der Waals surface area contributed by atoms with Crippen LogP contribution < -0.4 is 16.8 Å². The number of hydrogen-bond donors (Lipinski definition) is 3. The molecule has 2 aromatic rings. The van der Waals surface area contributed by atoms with E-state index in [0.717, 1.165) is 16.6 Å². The van der Waals surface area contributed by atoms with E-state index in [1.807, 2.05) is 6.92 Å². The number of aromatic nitrogens is 2. The van der Waals surface area contributed by atoms with Crippen molar-refractivity contribution < 1.29 is 4.79 Å². The van der Waals surface area contributed by atoms with E-state index >= 15 is 0 Å². The summed E-state index contributed by atoms with van der Waals surface area (Å²) in [6.45, 7) is 3.96. The molecule has 0 aliphatic heterocycles. The zero-order valence-electron chi connectivity index (χ0n) is 10.9. The molecule has 0 saturated carbocycles. The van der Waals surface area contributed by atoms with E-state index in [0.29, 0.717) is 5.82 Å². The summed E-state index contributed by atoms with van der Waals surface area (Å²) in [6, 6.07) is 1.96. The van der Waals surface area contributed by atoms with Gasteiger partial charge in [-0.25, -0.2) is 4.98 Å². The second-order valence-electron chi connectivity index (χ2n) is 4.43. The first-order valence-electron chi connectivity index (χ1n) is 6.10. The van der Waals surface area contributed by atoms with Crippen LogP contribution in [0.25, 0.3) is 10.2 Å². The highest BCUT2D eigenvalue weighted by atomic mass is 32.1. The fraction of sp³-hybridized carbons (Fsp3) is 0.417. The predicted octanol–water partition coefficient (Wildman–Crippen LogP) is 1.51. The Morgan fingerprint density at radius 3 is 2.89 bits per heavy atom. The maximum atomic E-state index is 10.9. The number of rotatable bonds is 5. The highest BCUT2D eigenvalue weighted by Crippen LogP contribution is 2.30. The van der Waals surface area contributed by atoms with Crippen LogP contribution in [-0.4, -0.2) is 21.9 Å². The Morgan fingerprint density at radius 1 is 1.53 bits per heavy atom. The van der Waals surface area contributed by atoms with Crippen molar-refractivity contribution in [2.24, 2.45) is 5.73 Å². The minimum absolute atomic E-state index is 0.0972. The number of nitrogens with zero attached hydrogens (tertiary/aromatic N) is 2. The van der Waals surface area contributed by atoms with Gasteiger partial charge in [0, 0.05) is 17.3 Å². The van der Waals surface area contributed by atoms with E-state index in [-0.39, 0.29) is 24.3 Å². The first-order chi connectivity index (χ1) is 8.99. The van der Waals surface area contributed by atoms with Gasteiger partial charge in [-0.1, -0.05) is 6.92 Å². The van der Waals surface area contributed by atoms with Crippen molar-refractivity contribution >= 4 is 39.2 Å². The number of thiophene rings is 1. The summed E-state index contributed by atoms with van der Waals surface area (Å²) < 4.78 is 0. The van der Waals surface area contributed by atoms with Gasteiger partial charge in [0.25, 0.3) is 0 Å². The van der Waals surface area contributed by atoms with Crippen LogP contribution in [0.15, 0.2) is 6.07 Å². The number of primary amides is 1. The smallest absolute Gasteiger partial charge is 0.223 e. The fourth-order valence-electron chi connectivity index (χ4n) is 1.86. The van der Waals surface area contributed by atoms with E-state index in [4.69, 9.17) is 11.5 Å². The third-order valence-corrected chi connectivity index (χ3v) is 3.87. The van der Waals surface area contributed by atoms with Gasteiger partial charge in [0.15, 0.2) is 0 Å².